The molecule has 31 heavy (non-hydrogen) atoms. The first-order valence-corrected chi connectivity index (χ1v) is 10.8. The molecule has 4 aliphatic rings. The van der Waals surface area contributed by atoms with Crippen LogP contribution < -0.4 is 15.0 Å². The molecular weight excluding hydrogens is 418 g/mol. The smallest absolute Gasteiger partial charge is 0.250 e. The van der Waals surface area contributed by atoms with Gasteiger partial charge < -0.3 is 10.1 Å². The zero-order valence-corrected chi connectivity index (χ0v) is 17.6. The molecule has 3 fully saturated rings. The van der Waals surface area contributed by atoms with Gasteiger partial charge in [0.1, 0.15) is 11.3 Å². The van der Waals surface area contributed by atoms with Gasteiger partial charge in [0.25, 0.3) is 0 Å². The Hall–Kier alpha value is -2.90. The zero-order valence-electron chi connectivity index (χ0n) is 16.8. The number of hydrogen-bond donors (Lipinski definition) is 1. The van der Waals surface area contributed by atoms with E-state index >= 15 is 0 Å². The molecule has 4 aliphatic heterocycles. The van der Waals surface area contributed by atoms with Crippen molar-refractivity contribution in [3.63, 3.8) is 0 Å². The van der Waals surface area contributed by atoms with Crippen molar-refractivity contribution < 1.29 is 19.1 Å². The summed E-state index contributed by atoms with van der Waals surface area (Å²) in [5.74, 6) is -1.53. The number of fused-ring (bicyclic) bond motifs is 7. The van der Waals surface area contributed by atoms with Gasteiger partial charge in [0, 0.05) is 22.3 Å². The third-order valence-corrected chi connectivity index (χ3v) is 7.52. The van der Waals surface area contributed by atoms with Crippen LogP contribution in [0.4, 0.5) is 11.4 Å². The Morgan fingerprint density at radius 3 is 2.61 bits per heavy atom. The maximum Gasteiger partial charge on any atom is 0.250 e. The summed E-state index contributed by atoms with van der Waals surface area (Å²) in [4.78, 5) is 44.3. The first-order chi connectivity index (χ1) is 15.0. The summed E-state index contributed by atoms with van der Waals surface area (Å²) < 4.78 is 5.20. The maximum atomic E-state index is 13.8. The van der Waals surface area contributed by atoms with Crippen molar-refractivity contribution in [1.29, 1.82) is 0 Å². The SMILES string of the molecule is COc1ccc(N2C(=O)[C@@H]3[C@@H]4CCCN4[C@@]4(C(=O)Nc5ccc(Cl)cc54)[C@H]3C2=O)cc1. The number of ether oxygens (including phenoxy) is 1. The van der Waals surface area contributed by atoms with Crippen LogP contribution in [0.25, 0.3) is 0 Å². The molecule has 158 valence electrons. The topological polar surface area (TPSA) is 79.0 Å². The molecule has 1 N–H and O–H groups in total. The molecule has 2 aromatic carbocycles. The Labute approximate surface area is 183 Å². The lowest BCUT2D eigenvalue weighted by molar-refractivity contribution is -0.135. The number of carbonyl (C=O) groups is 3. The van der Waals surface area contributed by atoms with E-state index in [2.05, 4.69) is 10.2 Å². The van der Waals surface area contributed by atoms with E-state index in [1.165, 1.54) is 4.90 Å². The van der Waals surface area contributed by atoms with Crippen molar-refractivity contribution in [2.45, 2.75) is 24.4 Å². The summed E-state index contributed by atoms with van der Waals surface area (Å²) in [7, 11) is 1.56. The normalized spacial score (nSPS) is 31.2. The third-order valence-electron chi connectivity index (χ3n) is 7.29. The lowest BCUT2D eigenvalue weighted by atomic mass is 9.75. The summed E-state index contributed by atoms with van der Waals surface area (Å²) >= 11 is 6.30. The van der Waals surface area contributed by atoms with Crippen LogP contribution in [0.3, 0.4) is 0 Å². The number of halogens is 1. The van der Waals surface area contributed by atoms with E-state index in [0.717, 1.165) is 12.8 Å². The van der Waals surface area contributed by atoms with Crippen LogP contribution in [0.2, 0.25) is 5.02 Å². The molecule has 2 aromatic rings. The van der Waals surface area contributed by atoms with Gasteiger partial charge in [0.05, 0.1) is 24.6 Å². The van der Waals surface area contributed by atoms with Crippen molar-refractivity contribution in [2.75, 3.05) is 23.9 Å². The fraction of sp³-hybridized carbons (Fsp3) is 0.348. The van der Waals surface area contributed by atoms with Crippen LogP contribution in [-0.4, -0.2) is 42.3 Å². The quantitative estimate of drug-likeness (QED) is 0.731. The summed E-state index contributed by atoms with van der Waals surface area (Å²) in [6.07, 6.45) is 1.66. The molecule has 3 saturated heterocycles. The molecule has 7 nitrogen and oxygen atoms in total. The highest BCUT2D eigenvalue weighted by Crippen LogP contribution is 2.60. The van der Waals surface area contributed by atoms with Crippen molar-refractivity contribution in [2.24, 2.45) is 11.8 Å². The van der Waals surface area contributed by atoms with Gasteiger partial charge in [-0.2, -0.15) is 0 Å². The van der Waals surface area contributed by atoms with Gasteiger partial charge in [-0.15, -0.1) is 0 Å². The van der Waals surface area contributed by atoms with Crippen molar-refractivity contribution in [3.05, 3.63) is 53.1 Å². The van der Waals surface area contributed by atoms with Gasteiger partial charge in [0.15, 0.2) is 0 Å². The highest BCUT2D eigenvalue weighted by molar-refractivity contribution is 6.31. The maximum absolute atomic E-state index is 13.8. The lowest BCUT2D eigenvalue weighted by Crippen LogP contribution is -2.54. The molecule has 3 amide bonds. The number of carbonyl (C=O) groups excluding carboxylic acids is 3. The van der Waals surface area contributed by atoms with Crippen molar-refractivity contribution in [1.82, 2.24) is 4.90 Å². The number of methoxy groups -OCH3 is 1. The Bertz CT molecular complexity index is 1150. The average molecular weight is 438 g/mol. The second kappa shape index (κ2) is 6.31. The highest BCUT2D eigenvalue weighted by atomic mass is 35.5. The first-order valence-electron chi connectivity index (χ1n) is 10.4. The van der Waals surface area contributed by atoms with Gasteiger partial charge in [-0.3, -0.25) is 19.3 Å². The van der Waals surface area contributed by atoms with Gasteiger partial charge in [-0.25, -0.2) is 4.90 Å². The van der Waals surface area contributed by atoms with E-state index in [1.807, 2.05) is 0 Å². The van der Waals surface area contributed by atoms with Gasteiger partial charge in [0.2, 0.25) is 17.7 Å². The number of anilines is 2. The summed E-state index contributed by atoms with van der Waals surface area (Å²) in [6.45, 7) is 0.667. The largest absolute Gasteiger partial charge is 0.497 e. The predicted molar refractivity (Wildman–Crippen MR) is 114 cm³/mol. The van der Waals surface area contributed by atoms with Crippen LogP contribution in [0, 0.1) is 11.8 Å². The van der Waals surface area contributed by atoms with Crippen LogP contribution >= 0.6 is 11.6 Å². The minimum absolute atomic E-state index is 0.152. The van der Waals surface area contributed by atoms with E-state index in [-0.39, 0.29) is 23.8 Å². The minimum atomic E-state index is -1.21. The van der Waals surface area contributed by atoms with Crippen LogP contribution in [0.5, 0.6) is 5.75 Å². The molecule has 1 spiro atoms. The van der Waals surface area contributed by atoms with Crippen molar-refractivity contribution >= 4 is 40.7 Å². The van der Waals surface area contributed by atoms with E-state index in [1.54, 1.807) is 49.6 Å². The molecule has 6 rings (SSSR count). The van der Waals surface area contributed by atoms with Gasteiger partial charge in [-0.05, 0) is 61.9 Å². The second-order valence-electron chi connectivity index (χ2n) is 8.53. The molecule has 0 saturated carbocycles. The number of benzene rings is 2. The molecular formula is C23H20ClN3O4. The Kier molecular flexibility index (Phi) is 3.83. The Morgan fingerprint density at radius 1 is 1.10 bits per heavy atom. The fourth-order valence-corrected chi connectivity index (χ4v) is 6.33. The third kappa shape index (κ3) is 2.20. The molecule has 4 atom stereocenters. The summed E-state index contributed by atoms with van der Waals surface area (Å²) in [5.41, 5.74) is 0.639. The molecule has 0 radical (unpaired) electrons. The predicted octanol–water partition coefficient (Wildman–Crippen LogP) is 2.78. The standard InChI is InChI=1S/C23H20ClN3O4/c1-31-14-7-5-13(6-8-14)27-20(28)18-17-3-2-10-26(17)23(19(18)21(27)29)15-11-12(24)4-9-16(15)25-22(23)30/h4-9,11,17-19H,2-3,10H2,1H3,(H,25,30)/t17-,18+,19+,23+/m0/s1. The molecule has 0 aliphatic carbocycles. The fourth-order valence-electron chi connectivity index (χ4n) is 6.16. The molecule has 8 heteroatoms. The van der Waals surface area contributed by atoms with E-state index < -0.39 is 17.4 Å². The van der Waals surface area contributed by atoms with Crippen LogP contribution in [0.15, 0.2) is 42.5 Å². The Morgan fingerprint density at radius 2 is 1.87 bits per heavy atom. The minimum Gasteiger partial charge on any atom is -0.497 e. The summed E-state index contributed by atoms with van der Waals surface area (Å²) in [5, 5.41) is 3.45. The molecule has 4 heterocycles. The Balaban J connectivity index is 1.53. The number of rotatable bonds is 2. The first kappa shape index (κ1) is 18.8. The van der Waals surface area contributed by atoms with E-state index in [4.69, 9.17) is 16.3 Å². The molecule has 0 bridgehead atoms. The van der Waals surface area contributed by atoms with Crippen molar-refractivity contribution in [3.8, 4) is 5.75 Å². The van der Waals surface area contributed by atoms with E-state index in [0.29, 0.717) is 34.3 Å². The lowest BCUT2D eigenvalue weighted by Gasteiger charge is -2.36. The zero-order chi connectivity index (χ0) is 21.5. The van der Waals surface area contributed by atoms with Crippen LogP contribution in [0.1, 0.15) is 18.4 Å². The summed E-state index contributed by atoms with van der Waals surface area (Å²) in [6, 6.07) is 11.9. The highest BCUT2D eigenvalue weighted by Gasteiger charge is 2.74. The number of hydrogen-bond acceptors (Lipinski definition) is 5. The van der Waals surface area contributed by atoms with Crippen LogP contribution in [-0.2, 0) is 19.9 Å². The monoisotopic (exact) mass is 437 g/mol. The number of nitrogens with zero attached hydrogens (tertiary/aromatic N) is 2. The van der Waals surface area contributed by atoms with E-state index in [9.17, 15) is 14.4 Å². The molecule has 0 aromatic heterocycles. The second-order valence-corrected chi connectivity index (χ2v) is 8.96. The van der Waals surface area contributed by atoms with Gasteiger partial charge >= 0.3 is 0 Å². The average Bonchev–Trinajstić information content (AvgIpc) is 3.47. The molecule has 0 unspecified atom stereocenters. The number of amides is 3. The number of imide groups is 1. The van der Waals surface area contributed by atoms with Gasteiger partial charge in [-0.1, -0.05) is 11.6 Å². The number of nitrogens with one attached hydrogen (secondary N) is 1.